The fourth-order valence-electron chi connectivity index (χ4n) is 1.26. The van der Waals surface area contributed by atoms with Crippen molar-refractivity contribution in [1.29, 1.82) is 0 Å². The third-order valence-corrected chi connectivity index (χ3v) is 2.49. The molecule has 0 aliphatic rings. The van der Waals surface area contributed by atoms with Crippen molar-refractivity contribution in [2.75, 3.05) is 6.61 Å². The lowest BCUT2D eigenvalue weighted by molar-refractivity contribution is -0.148. The molecule has 0 saturated carbocycles. The normalized spacial score (nSPS) is 9.70. The molecular weight excluding hydrogens is 284 g/mol. The molecule has 0 spiro atoms. The Hall–Kier alpha value is -2.08. The summed E-state index contributed by atoms with van der Waals surface area (Å²) >= 11 is 5.69. The molecule has 20 heavy (non-hydrogen) atoms. The van der Waals surface area contributed by atoms with E-state index < -0.39 is 24.4 Å². The summed E-state index contributed by atoms with van der Waals surface area (Å²) in [5.41, 5.74) is 4.69. The first-order chi connectivity index (χ1) is 9.52. The maximum atomic E-state index is 11.6. The highest BCUT2D eigenvalue weighted by Gasteiger charge is 2.09. The molecule has 0 unspecified atom stereocenters. The SMILES string of the molecule is CCCC(=O)OCC(=O)NNC(=O)c1ccc(Cl)cc1. The predicted octanol–water partition coefficient (Wildman–Crippen LogP) is 1.44. The summed E-state index contributed by atoms with van der Waals surface area (Å²) in [4.78, 5) is 34.0. The summed E-state index contributed by atoms with van der Waals surface area (Å²) in [6, 6.07) is 6.16. The maximum Gasteiger partial charge on any atom is 0.306 e. The van der Waals surface area contributed by atoms with Crippen molar-refractivity contribution >= 4 is 29.4 Å². The molecule has 0 fully saturated rings. The Balaban J connectivity index is 2.32. The number of benzene rings is 1. The van der Waals surface area contributed by atoms with Gasteiger partial charge in [0.2, 0.25) is 0 Å². The second-order valence-electron chi connectivity index (χ2n) is 3.92. The van der Waals surface area contributed by atoms with Crippen LogP contribution < -0.4 is 10.9 Å². The van der Waals surface area contributed by atoms with Gasteiger partial charge in [-0.2, -0.15) is 0 Å². The fraction of sp³-hybridized carbons (Fsp3) is 0.308. The van der Waals surface area contributed by atoms with Crippen LogP contribution in [0.3, 0.4) is 0 Å². The highest BCUT2D eigenvalue weighted by molar-refractivity contribution is 6.30. The van der Waals surface area contributed by atoms with Crippen LogP contribution >= 0.6 is 11.6 Å². The largest absolute Gasteiger partial charge is 0.455 e. The van der Waals surface area contributed by atoms with Gasteiger partial charge in [-0.25, -0.2) is 0 Å². The van der Waals surface area contributed by atoms with Crippen molar-refractivity contribution in [2.45, 2.75) is 19.8 Å². The zero-order chi connectivity index (χ0) is 15.0. The molecule has 1 aromatic rings. The molecule has 0 aliphatic heterocycles. The van der Waals surface area contributed by atoms with Crippen LogP contribution in [0, 0.1) is 0 Å². The van der Waals surface area contributed by atoms with E-state index in [1.807, 2.05) is 6.92 Å². The highest BCUT2D eigenvalue weighted by Crippen LogP contribution is 2.08. The summed E-state index contributed by atoms with van der Waals surface area (Å²) < 4.78 is 4.68. The Morgan fingerprint density at radius 2 is 1.80 bits per heavy atom. The van der Waals surface area contributed by atoms with Gasteiger partial charge < -0.3 is 4.74 Å². The van der Waals surface area contributed by atoms with Gasteiger partial charge in [0.05, 0.1) is 0 Å². The van der Waals surface area contributed by atoms with E-state index in [1.54, 1.807) is 12.1 Å². The van der Waals surface area contributed by atoms with Crippen LogP contribution in [0.4, 0.5) is 0 Å². The van der Waals surface area contributed by atoms with E-state index in [0.29, 0.717) is 17.0 Å². The number of hydrogen-bond acceptors (Lipinski definition) is 4. The van der Waals surface area contributed by atoms with Gasteiger partial charge in [0.25, 0.3) is 11.8 Å². The first kappa shape index (κ1) is 16.0. The molecule has 0 heterocycles. The average molecular weight is 299 g/mol. The van der Waals surface area contributed by atoms with Crippen LogP contribution in [-0.2, 0) is 14.3 Å². The average Bonchev–Trinajstić information content (AvgIpc) is 2.43. The van der Waals surface area contributed by atoms with E-state index in [2.05, 4.69) is 15.6 Å². The lowest BCUT2D eigenvalue weighted by atomic mass is 10.2. The van der Waals surface area contributed by atoms with Gasteiger partial charge in [0.15, 0.2) is 6.61 Å². The number of esters is 1. The Labute approximate surface area is 121 Å². The molecule has 0 aliphatic carbocycles. The molecule has 1 aromatic carbocycles. The van der Waals surface area contributed by atoms with Crippen molar-refractivity contribution in [1.82, 2.24) is 10.9 Å². The number of carbonyl (C=O) groups excluding carboxylic acids is 3. The lowest BCUT2D eigenvalue weighted by Crippen LogP contribution is -2.43. The molecule has 0 aromatic heterocycles. The number of halogens is 1. The Kier molecular flexibility index (Phi) is 6.52. The number of ether oxygens (including phenoxy) is 1. The van der Waals surface area contributed by atoms with Crippen LogP contribution in [0.1, 0.15) is 30.1 Å². The second kappa shape index (κ2) is 8.16. The van der Waals surface area contributed by atoms with E-state index in [0.717, 1.165) is 0 Å². The zero-order valence-electron chi connectivity index (χ0n) is 10.9. The quantitative estimate of drug-likeness (QED) is 0.636. The first-order valence-corrected chi connectivity index (χ1v) is 6.41. The fourth-order valence-corrected chi connectivity index (χ4v) is 1.38. The summed E-state index contributed by atoms with van der Waals surface area (Å²) in [7, 11) is 0. The Bertz CT molecular complexity index is 488. The van der Waals surface area contributed by atoms with E-state index in [-0.39, 0.29) is 6.42 Å². The molecule has 0 radical (unpaired) electrons. The molecule has 7 heteroatoms. The number of hydrogen-bond donors (Lipinski definition) is 2. The van der Waals surface area contributed by atoms with Crippen molar-refractivity contribution in [3.8, 4) is 0 Å². The highest BCUT2D eigenvalue weighted by atomic mass is 35.5. The second-order valence-corrected chi connectivity index (χ2v) is 4.36. The van der Waals surface area contributed by atoms with Gasteiger partial charge in [0, 0.05) is 17.0 Å². The minimum atomic E-state index is -0.614. The summed E-state index contributed by atoms with van der Waals surface area (Å²) in [6.07, 6.45) is 0.901. The Morgan fingerprint density at radius 1 is 1.15 bits per heavy atom. The van der Waals surface area contributed by atoms with E-state index in [9.17, 15) is 14.4 Å². The maximum absolute atomic E-state index is 11.6. The van der Waals surface area contributed by atoms with Gasteiger partial charge in [-0.1, -0.05) is 18.5 Å². The van der Waals surface area contributed by atoms with Gasteiger partial charge in [-0.15, -0.1) is 0 Å². The minimum Gasteiger partial charge on any atom is -0.455 e. The summed E-state index contributed by atoms with van der Waals surface area (Å²) in [5, 5.41) is 0.508. The van der Waals surface area contributed by atoms with Gasteiger partial charge >= 0.3 is 5.97 Å². The third-order valence-electron chi connectivity index (χ3n) is 2.24. The molecule has 0 atom stereocenters. The van der Waals surface area contributed by atoms with Crippen LogP contribution in [0.2, 0.25) is 5.02 Å². The predicted molar refractivity (Wildman–Crippen MR) is 72.9 cm³/mol. The minimum absolute atomic E-state index is 0.254. The first-order valence-electron chi connectivity index (χ1n) is 6.03. The molecule has 2 N–H and O–H groups in total. The zero-order valence-corrected chi connectivity index (χ0v) is 11.7. The number of carbonyl (C=O) groups is 3. The monoisotopic (exact) mass is 298 g/mol. The lowest BCUT2D eigenvalue weighted by Gasteiger charge is -2.08. The van der Waals surface area contributed by atoms with Crippen LogP contribution in [-0.4, -0.2) is 24.4 Å². The molecule has 0 bridgehead atoms. The molecular formula is C13H15ClN2O4. The third kappa shape index (κ3) is 5.71. The smallest absolute Gasteiger partial charge is 0.306 e. The number of amides is 2. The molecule has 0 saturated heterocycles. The van der Waals surface area contributed by atoms with Crippen LogP contribution in [0.25, 0.3) is 0 Å². The number of nitrogens with one attached hydrogen (secondary N) is 2. The summed E-state index contributed by atoms with van der Waals surface area (Å²) in [5.74, 6) is -1.56. The van der Waals surface area contributed by atoms with E-state index >= 15 is 0 Å². The topological polar surface area (TPSA) is 84.5 Å². The standard InChI is InChI=1S/C13H15ClN2O4/c1-2-3-12(18)20-8-11(17)15-16-13(19)9-4-6-10(14)7-5-9/h4-7H,2-3,8H2,1H3,(H,15,17)(H,16,19). The molecule has 2 amide bonds. The van der Waals surface area contributed by atoms with E-state index in [4.69, 9.17) is 11.6 Å². The molecule has 108 valence electrons. The van der Waals surface area contributed by atoms with Crippen molar-refractivity contribution in [3.05, 3.63) is 34.9 Å². The van der Waals surface area contributed by atoms with Crippen molar-refractivity contribution in [2.24, 2.45) is 0 Å². The Morgan fingerprint density at radius 3 is 2.40 bits per heavy atom. The molecule has 6 nitrogen and oxygen atoms in total. The number of hydrazine groups is 1. The van der Waals surface area contributed by atoms with Gasteiger partial charge in [-0.05, 0) is 30.7 Å². The van der Waals surface area contributed by atoms with Crippen molar-refractivity contribution < 1.29 is 19.1 Å². The van der Waals surface area contributed by atoms with E-state index in [1.165, 1.54) is 12.1 Å². The molecule has 1 rings (SSSR count). The van der Waals surface area contributed by atoms with Crippen LogP contribution in [0.5, 0.6) is 0 Å². The summed E-state index contributed by atoms with van der Waals surface area (Å²) in [6.45, 7) is 1.40. The van der Waals surface area contributed by atoms with Gasteiger partial charge in [-0.3, -0.25) is 25.2 Å². The van der Waals surface area contributed by atoms with Gasteiger partial charge in [0.1, 0.15) is 0 Å². The van der Waals surface area contributed by atoms with Crippen LogP contribution in [0.15, 0.2) is 24.3 Å². The van der Waals surface area contributed by atoms with Crippen molar-refractivity contribution in [3.63, 3.8) is 0 Å². The number of rotatable bonds is 5.